The maximum Gasteiger partial charge on any atom is 0.147 e. The van der Waals surface area contributed by atoms with Crippen LogP contribution in [0.1, 0.15) is 33.1 Å². The van der Waals surface area contributed by atoms with E-state index in [1.807, 2.05) is 12.3 Å². The second-order valence-corrected chi connectivity index (χ2v) is 6.69. The van der Waals surface area contributed by atoms with Gasteiger partial charge in [-0.3, -0.25) is 0 Å². The lowest BCUT2D eigenvalue weighted by Gasteiger charge is -2.37. The Labute approximate surface area is 128 Å². The van der Waals surface area contributed by atoms with Crippen LogP contribution in [0.4, 0.5) is 5.82 Å². The van der Waals surface area contributed by atoms with Crippen molar-refractivity contribution in [2.45, 2.75) is 45.2 Å². The highest BCUT2D eigenvalue weighted by molar-refractivity contribution is 9.10. The molecular formula is C14H21BrClN3. The molecule has 1 unspecified atom stereocenters. The zero-order chi connectivity index (χ0) is 13.8. The molecule has 19 heavy (non-hydrogen) atoms. The minimum absolute atomic E-state index is 0.488. The molecule has 1 N–H and O–H groups in total. The van der Waals surface area contributed by atoms with E-state index >= 15 is 0 Å². The van der Waals surface area contributed by atoms with Crippen LogP contribution in [0, 0.1) is 0 Å². The molecule has 2 rings (SSSR count). The van der Waals surface area contributed by atoms with Gasteiger partial charge in [0.2, 0.25) is 0 Å². The van der Waals surface area contributed by atoms with Gasteiger partial charge in [-0.2, -0.15) is 0 Å². The molecule has 1 aromatic rings. The predicted octanol–water partition coefficient (Wildman–Crippen LogP) is 3.85. The number of nitrogens with one attached hydrogen (secondary N) is 1. The van der Waals surface area contributed by atoms with Crippen LogP contribution in [0.2, 0.25) is 5.02 Å². The summed E-state index contributed by atoms with van der Waals surface area (Å²) in [4.78, 5) is 6.85. The first kappa shape index (κ1) is 15.1. The lowest BCUT2D eigenvalue weighted by molar-refractivity contribution is 0.419. The largest absolute Gasteiger partial charge is 0.351 e. The minimum atomic E-state index is 0.488. The van der Waals surface area contributed by atoms with Gasteiger partial charge in [0.15, 0.2) is 0 Å². The average molecular weight is 347 g/mol. The molecule has 1 aromatic heterocycles. The van der Waals surface area contributed by atoms with Crippen molar-refractivity contribution >= 4 is 33.3 Å². The van der Waals surface area contributed by atoms with E-state index in [1.165, 1.54) is 19.3 Å². The number of hydrogen-bond donors (Lipinski definition) is 1. The zero-order valence-electron chi connectivity index (χ0n) is 11.5. The van der Waals surface area contributed by atoms with Gasteiger partial charge < -0.3 is 10.2 Å². The van der Waals surface area contributed by atoms with Gasteiger partial charge in [-0.25, -0.2) is 4.98 Å². The highest BCUT2D eigenvalue weighted by Gasteiger charge is 2.25. The van der Waals surface area contributed by atoms with Gasteiger partial charge in [-0.05, 0) is 41.3 Å². The normalized spacial score (nSPS) is 20.1. The van der Waals surface area contributed by atoms with E-state index in [0.29, 0.717) is 12.1 Å². The molecular weight excluding hydrogens is 326 g/mol. The Morgan fingerprint density at radius 3 is 3.00 bits per heavy atom. The summed E-state index contributed by atoms with van der Waals surface area (Å²) >= 11 is 9.74. The number of piperidine rings is 1. The summed E-state index contributed by atoms with van der Waals surface area (Å²) in [6.07, 6.45) is 5.53. The van der Waals surface area contributed by atoms with Crippen LogP contribution in [-0.2, 0) is 0 Å². The molecule has 0 saturated carbocycles. The third-order valence-electron chi connectivity index (χ3n) is 3.45. The maximum atomic E-state index is 6.34. The molecule has 3 nitrogen and oxygen atoms in total. The van der Waals surface area contributed by atoms with E-state index in [9.17, 15) is 0 Å². The summed E-state index contributed by atoms with van der Waals surface area (Å²) in [5, 5.41) is 4.25. The van der Waals surface area contributed by atoms with Gasteiger partial charge in [0, 0.05) is 35.8 Å². The molecule has 1 saturated heterocycles. The smallest absolute Gasteiger partial charge is 0.147 e. The fourth-order valence-corrected chi connectivity index (χ4v) is 3.22. The first-order valence-corrected chi connectivity index (χ1v) is 8.06. The molecule has 0 bridgehead atoms. The molecule has 0 amide bonds. The quantitative estimate of drug-likeness (QED) is 0.897. The second kappa shape index (κ2) is 6.91. The molecule has 1 atom stereocenters. The van der Waals surface area contributed by atoms with Crippen molar-refractivity contribution in [1.82, 2.24) is 10.3 Å². The highest BCUT2D eigenvalue weighted by Crippen LogP contribution is 2.30. The van der Waals surface area contributed by atoms with Crippen LogP contribution in [0.25, 0.3) is 0 Å². The van der Waals surface area contributed by atoms with Crippen molar-refractivity contribution in [3.8, 4) is 0 Å². The fraction of sp³-hybridized carbons (Fsp3) is 0.643. The topological polar surface area (TPSA) is 28.2 Å². The van der Waals surface area contributed by atoms with Crippen molar-refractivity contribution in [3.63, 3.8) is 0 Å². The molecule has 1 fully saturated rings. The maximum absolute atomic E-state index is 6.34. The third kappa shape index (κ3) is 4.07. The first-order chi connectivity index (χ1) is 9.08. The molecule has 1 aliphatic heterocycles. The second-order valence-electron chi connectivity index (χ2n) is 5.36. The van der Waals surface area contributed by atoms with Crippen molar-refractivity contribution in [2.24, 2.45) is 0 Å². The highest BCUT2D eigenvalue weighted by atomic mass is 79.9. The monoisotopic (exact) mass is 345 g/mol. The van der Waals surface area contributed by atoms with Crippen molar-refractivity contribution in [3.05, 3.63) is 21.8 Å². The van der Waals surface area contributed by atoms with E-state index in [-0.39, 0.29) is 0 Å². The summed E-state index contributed by atoms with van der Waals surface area (Å²) < 4.78 is 0.926. The van der Waals surface area contributed by atoms with Gasteiger partial charge in [0.25, 0.3) is 0 Å². The van der Waals surface area contributed by atoms with Crippen LogP contribution in [-0.4, -0.2) is 30.2 Å². The Morgan fingerprint density at radius 2 is 2.32 bits per heavy atom. The van der Waals surface area contributed by atoms with Crippen molar-refractivity contribution in [2.75, 3.05) is 18.0 Å². The van der Waals surface area contributed by atoms with Gasteiger partial charge in [-0.15, -0.1) is 0 Å². The summed E-state index contributed by atoms with van der Waals surface area (Å²) in [7, 11) is 0. The van der Waals surface area contributed by atoms with Crippen LogP contribution in [0.3, 0.4) is 0 Å². The molecule has 2 heterocycles. The van der Waals surface area contributed by atoms with E-state index < -0.39 is 0 Å². The van der Waals surface area contributed by atoms with Crippen LogP contribution < -0.4 is 10.2 Å². The van der Waals surface area contributed by atoms with E-state index in [0.717, 1.165) is 28.4 Å². The number of rotatable bonds is 4. The van der Waals surface area contributed by atoms with Crippen LogP contribution in [0.15, 0.2) is 16.7 Å². The molecule has 0 radical (unpaired) electrons. The summed E-state index contributed by atoms with van der Waals surface area (Å²) in [5.41, 5.74) is 0. The Bertz CT molecular complexity index is 425. The number of nitrogens with zero attached hydrogens (tertiary/aromatic N) is 2. The third-order valence-corrected chi connectivity index (χ3v) is 4.16. The number of aromatic nitrogens is 1. The van der Waals surface area contributed by atoms with Gasteiger partial charge >= 0.3 is 0 Å². The number of pyridine rings is 1. The summed E-state index contributed by atoms with van der Waals surface area (Å²) in [5.74, 6) is 0.917. The van der Waals surface area contributed by atoms with E-state index in [2.05, 4.69) is 45.0 Å². The first-order valence-electron chi connectivity index (χ1n) is 6.89. The van der Waals surface area contributed by atoms with Crippen molar-refractivity contribution < 1.29 is 0 Å². The molecule has 1 aliphatic rings. The number of halogens is 2. The molecule has 5 heteroatoms. The zero-order valence-corrected chi connectivity index (χ0v) is 13.8. The molecule has 0 spiro atoms. The summed E-state index contributed by atoms with van der Waals surface area (Å²) in [6, 6.07) is 2.92. The molecule has 0 aliphatic carbocycles. The molecule has 106 valence electrons. The summed E-state index contributed by atoms with van der Waals surface area (Å²) in [6.45, 7) is 6.39. The number of hydrogen-bond acceptors (Lipinski definition) is 3. The predicted molar refractivity (Wildman–Crippen MR) is 85.1 cm³/mol. The lowest BCUT2D eigenvalue weighted by atomic mass is 10.0. The Morgan fingerprint density at radius 1 is 1.53 bits per heavy atom. The SMILES string of the molecule is CC(C)NCC1CCCCN1c1ncc(Br)cc1Cl. The van der Waals surface area contributed by atoms with Crippen molar-refractivity contribution in [1.29, 1.82) is 0 Å². The van der Waals surface area contributed by atoms with Gasteiger partial charge in [0.1, 0.15) is 5.82 Å². The Hall–Kier alpha value is -0.320. The standard InChI is InChI=1S/C14H21BrClN3/c1-10(2)17-9-12-5-3-4-6-19(12)14-13(16)7-11(15)8-18-14/h7-8,10,12,17H,3-6,9H2,1-2H3. The van der Waals surface area contributed by atoms with Crippen LogP contribution in [0.5, 0.6) is 0 Å². The van der Waals surface area contributed by atoms with E-state index in [4.69, 9.17) is 11.6 Å². The Balaban J connectivity index is 2.14. The minimum Gasteiger partial charge on any atom is -0.351 e. The average Bonchev–Trinajstić information content (AvgIpc) is 2.37. The lowest BCUT2D eigenvalue weighted by Crippen LogP contribution is -2.47. The van der Waals surface area contributed by atoms with Gasteiger partial charge in [0.05, 0.1) is 5.02 Å². The number of anilines is 1. The Kier molecular flexibility index (Phi) is 5.48. The van der Waals surface area contributed by atoms with E-state index in [1.54, 1.807) is 0 Å². The fourth-order valence-electron chi connectivity index (χ4n) is 2.48. The van der Waals surface area contributed by atoms with Crippen LogP contribution >= 0.6 is 27.5 Å². The van der Waals surface area contributed by atoms with Gasteiger partial charge in [-0.1, -0.05) is 25.4 Å². The molecule has 0 aromatic carbocycles.